The average molecular weight is 250 g/mol. The minimum atomic E-state index is -0.0384. The third-order valence-electron chi connectivity index (χ3n) is 2.56. The quantitative estimate of drug-likeness (QED) is 0.681. The van der Waals surface area contributed by atoms with Gasteiger partial charge in [-0.15, -0.1) is 0 Å². The summed E-state index contributed by atoms with van der Waals surface area (Å²) in [6.07, 6.45) is 0. The molecule has 0 N–H and O–H groups in total. The highest BCUT2D eigenvalue weighted by Crippen LogP contribution is 2.13. The molecule has 0 aliphatic carbocycles. The van der Waals surface area contributed by atoms with Gasteiger partial charge in [0, 0.05) is 20.1 Å². The molecule has 0 saturated carbocycles. The molecule has 0 unspecified atom stereocenters. The van der Waals surface area contributed by atoms with Crippen LogP contribution in [-0.2, 0) is 0 Å². The Balaban J connectivity index is 2.64. The molecule has 0 amide bonds. The summed E-state index contributed by atoms with van der Waals surface area (Å²) in [5.74, 6) is 7.46. The molecule has 18 heavy (non-hydrogen) atoms. The van der Waals surface area contributed by atoms with Crippen molar-refractivity contribution in [3.8, 4) is 11.8 Å². The Hall–Kier alpha value is -1.21. The summed E-state index contributed by atoms with van der Waals surface area (Å²) >= 11 is 0. The van der Waals surface area contributed by atoms with Crippen LogP contribution < -0.4 is 0 Å². The van der Waals surface area contributed by atoms with E-state index in [4.69, 9.17) is 4.99 Å². The predicted molar refractivity (Wildman–Crippen MR) is 77.7 cm³/mol. The minimum Gasteiger partial charge on any atom is -0.344 e. The molecular weight excluding hydrogens is 224 g/mol. The predicted octanol–water partition coefficient (Wildman–Crippen LogP) is 0.953. The molecule has 0 aromatic carbocycles. The van der Waals surface area contributed by atoms with E-state index in [0.717, 1.165) is 32.1 Å². The van der Waals surface area contributed by atoms with Crippen molar-refractivity contribution in [1.82, 2.24) is 14.7 Å². The van der Waals surface area contributed by atoms with Gasteiger partial charge in [0.15, 0.2) is 5.96 Å². The molecule has 0 spiro atoms. The topological polar surface area (TPSA) is 22.1 Å². The maximum Gasteiger partial charge on any atom is 0.197 e. The fourth-order valence-electron chi connectivity index (χ4n) is 1.68. The third-order valence-corrected chi connectivity index (χ3v) is 2.56. The molecule has 0 aromatic heterocycles. The average Bonchev–Trinajstić information content (AvgIpc) is 2.54. The Morgan fingerprint density at radius 1 is 1.22 bits per heavy atom. The summed E-state index contributed by atoms with van der Waals surface area (Å²) in [4.78, 5) is 11.3. The van der Waals surface area contributed by atoms with E-state index in [9.17, 15) is 0 Å². The molecule has 0 radical (unpaired) electrons. The van der Waals surface area contributed by atoms with Gasteiger partial charge in [-0.3, -0.25) is 4.90 Å². The van der Waals surface area contributed by atoms with E-state index in [0.29, 0.717) is 0 Å². The summed E-state index contributed by atoms with van der Waals surface area (Å²) < 4.78 is 0. The smallest absolute Gasteiger partial charge is 0.197 e. The zero-order valence-electron chi connectivity index (χ0n) is 12.6. The Bertz CT molecular complexity index is 354. The van der Waals surface area contributed by atoms with Crippen molar-refractivity contribution in [1.29, 1.82) is 0 Å². The summed E-state index contributed by atoms with van der Waals surface area (Å²) in [5, 5.41) is 0. The molecule has 0 atom stereocenters. The second kappa shape index (κ2) is 6.10. The van der Waals surface area contributed by atoms with Gasteiger partial charge in [0.2, 0.25) is 0 Å². The molecule has 1 heterocycles. The number of hydrogen-bond acceptors (Lipinski definition) is 2. The Morgan fingerprint density at radius 2 is 1.89 bits per heavy atom. The molecule has 0 aromatic rings. The standard InChI is InChI=1S/C14H26N4/c1-14(2,3)15-13-17(6)11-12-18(13)10-8-7-9-16(4)5/h9-12H2,1-6H3. The number of guanidine groups is 1. The maximum absolute atomic E-state index is 4.77. The molecule has 1 aliphatic rings. The monoisotopic (exact) mass is 250 g/mol. The normalized spacial score (nSPS) is 18.5. The lowest BCUT2D eigenvalue weighted by Crippen LogP contribution is -2.34. The van der Waals surface area contributed by atoms with Gasteiger partial charge in [-0.05, 0) is 34.9 Å². The van der Waals surface area contributed by atoms with Gasteiger partial charge in [0.25, 0.3) is 0 Å². The minimum absolute atomic E-state index is 0.0384. The van der Waals surface area contributed by atoms with E-state index in [2.05, 4.69) is 54.4 Å². The first-order chi connectivity index (χ1) is 8.29. The van der Waals surface area contributed by atoms with Crippen LogP contribution in [-0.4, -0.2) is 73.5 Å². The van der Waals surface area contributed by atoms with Gasteiger partial charge < -0.3 is 9.80 Å². The van der Waals surface area contributed by atoms with Gasteiger partial charge in [0.1, 0.15) is 0 Å². The lowest BCUT2D eigenvalue weighted by molar-refractivity contribution is 0.462. The molecule has 4 heteroatoms. The summed E-state index contributed by atoms with van der Waals surface area (Å²) in [6, 6.07) is 0. The maximum atomic E-state index is 4.77. The van der Waals surface area contributed by atoms with E-state index < -0.39 is 0 Å². The third kappa shape index (κ3) is 4.97. The van der Waals surface area contributed by atoms with Crippen LogP contribution in [0.1, 0.15) is 20.8 Å². The second-order valence-corrected chi connectivity index (χ2v) is 6.02. The highest BCUT2D eigenvalue weighted by atomic mass is 15.4. The molecule has 1 fully saturated rings. The molecule has 1 aliphatic heterocycles. The van der Waals surface area contributed by atoms with Crippen molar-refractivity contribution >= 4 is 5.96 Å². The summed E-state index contributed by atoms with van der Waals surface area (Å²) in [6.45, 7) is 10.0. The van der Waals surface area contributed by atoms with Crippen LogP contribution in [0.5, 0.6) is 0 Å². The van der Waals surface area contributed by atoms with Gasteiger partial charge in [-0.1, -0.05) is 11.8 Å². The van der Waals surface area contributed by atoms with Crippen LogP contribution in [0.25, 0.3) is 0 Å². The molecule has 4 nitrogen and oxygen atoms in total. The van der Waals surface area contributed by atoms with E-state index in [1.54, 1.807) is 0 Å². The Kier molecular flexibility index (Phi) is 5.03. The lowest BCUT2D eigenvalue weighted by Gasteiger charge is -2.23. The number of rotatable bonds is 2. The van der Waals surface area contributed by atoms with E-state index in [1.807, 2.05) is 14.1 Å². The highest BCUT2D eigenvalue weighted by Gasteiger charge is 2.24. The first-order valence-corrected chi connectivity index (χ1v) is 6.46. The molecule has 1 saturated heterocycles. The SMILES string of the molecule is CN(C)CC#CCN1CCN(C)C1=NC(C)(C)C. The fourth-order valence-corrected chi connectivity index (χ4v) is 1.68. The van der Waals surface area contributed by atoms with Crippen LogP contribution in [0.15, 0.2) is 4.99 Å². The number of likely N-dealkylation sites (N-methyl/N-ethyl adjacent to an activating group) is 1. The molecule has 102 valence electrons. The van der Waals surface area contributed by atoms with Crippen molar-refractivity contribution in [3.05, 3.63) is 0 Å². The first-order valence-electron chi connectivity index (χ1n) is 6.46. The number of aliphatic imine (C=N–C) groups is 1. The molecule has 1 rings (SSSR count). The second-order valence-electron chi connectivity index (χ2n) is 6.02. The Morgan fingerprint density at radius 3 is 2.44 bits per heavy atom. The van der Waals surface area contributed by atoms with Crippen molar-refractivity contribution in [2.24, 2.45) is 4.99 Å². The van der Waals surface area contributed by atoms with E-state index >= 15 is 0 Å². The largest absolute Gasteiger partial charge is 0.344 e. The van der Waals surface area contributed by atoms with E-state index in [-0.39, 0.29) is 5.54 Å². The van der Waals surface area contributed by atoms with Crippen LogP contribution in [0.4, 0.5) is 0 Å². The van der Waals surface area contributed by atoms with Gasteiger partial charge in [-0.25, -0.2) is 4.99 Å². The van der Waals surface area contributed by atoms with Crippen LogP contribution in [0.3, 0.4) is 0 Å². The fraction of sp³-hybridized carbons (Fsp3) is 0.786. The van der Waals surface area contributed by atoms with Gasteiger partial charge >= 0.3 is 0 Å². The van der Waals surface area contributed by atoms with Crippen LogP contribution in [0.2, 0.25) is 0 Å². The van der Waals surface area contributed by atoms with Crippen molar-refractivity contribution in [2.75, 3.05) is 47.3 Å². The Labute approximate surface area is 112 Å². The van der Waals surface area contributed by atoms with Crippen molar-refractivity contribution in [2.45, 2.75) is 26.3 Å². The van der Waals surface area contributed by atoms with Gasteiger partial charge in [-0.2, -0.15) is 0 Å². The lowest BCUT2D eigenvalue weighted by atomic mass is 10.1. The zero-order chi connectivity index (χ0) is 13.8. The van der Waals surface area contributed by atoms with E-state index in [1.165, 1.54) is 0 Å². The van der Waals surface area contributed by atoms with Crippen molar-refractivity contribution in [3.63, 3.8) is 0 Å². The highest BCUT2D eigenvalue weighted by molar-refractivity contribution is 5.82. The van der Waals surface area contributed by atoms with Crippen molar-refractivity contribution < 1.29 is 0 Å². The molecular formula is C14H26N4. The van der Waals surface area contributed by atoms with Gasteiger partial charge in [0.05, 0.1) is 18.6 Å². The molecule has 0 bridgehead atoms. The number of hydrogen-bond donors (Lipinski definition) is 0. The first kappa shape index (κ1) is 14.8. The van der Waals surface area contributed by atoms with Crippen LogP contribution in [0, 0.1) is 11.8 Å². The zero-order valence-corrected chi connectivity index (χ0v) is 12.6. The summed E-state index contributed by atoms with van der Waals surface area (Å²) in [5.41, 5.74) is -0.0384. The summed E-state index contributed by atoms with van der Waals surface area (Å²) in [7, 11) is 6.16. The van der Waals surface area contributed by atoms with Crippen LogP contribution >= 0.6 is 0 Å². The number of nitrogens with zero attached hydrogens (tertiary/aromatic N) is 4.